The maximum atomic E-state index is 6.45. The predicted molar refractivity (Wildman–Crippen MR) is 129 cm³/mol. The molecule has 0 saturated carbocycles. The van der Waals surface area contributed by atoms with E-state index in [1.54, 1.807) is 0 Å². The first-order chi connectivity index (χ1) is 14.6. The van der Waals surface area contributed by atoms with Crippen molar-refractivity contribution in [1.82, 2.24) is 4.90 Å². The Morgan fingerprint density at radius 3 is 2.70 bits per heavy atom. The second-order valence-electron chi connectivity index (χ2n) is 8.65. The summed E-state index contributed by atoms with van der Waals surface area (Å²) in [7, 11) is 0. The van der Waals surface area contributed by atoms with E-state index < -0.39 is 0 Å². The fourth-order valence-corrected chi connectivity index (χ4v) is 4.82. The molecular formula is C25H33N3OS. The molecule has 0 radical (unpaired) electrons. The quantitative estimate of drug-likeness (QED) is 0.482. The number of hydrogen-bond acceptors (Lipinski definition) is 5. The van der Waals surface area contributed by atoms with Crippen LogP contribution in [0.15, 0.2) is 36.4 Å². The first kappa shape index (κ1) is 21.1. The summed E-state index contributed by atoms with van der Waals surface area (Å²) in [6.07, 6.45) is 6.61. The fourth-order valence-electron chi connectivity index (χ4n) is 4.58. The van der Waals surface area contributed by atoms with Crippen LogP contribution in [0.2, 0.25) is 0 Å². The minimum Gasteiger partial charge on any atom is -0.485 e. The molecule has 1 aliphatic carbocycles. The summed E-state index contributed by atoms with van der Waals surface area (Å²) < 4.78 is 5.84. The van der Waals surface area contributed by atoms with E-state index in [0.29, 0.717) is 24.1 Å². The molecule has 1 saturated heterocycles. The Bertz CT molecular complexity index is 875. The third-order valence-electron chi connectivity index (χ3n) is 6.31. The normalized spacial score (nSPS) is 18.8. The van der Waals surface area contributed by atoms with Crippen molar-refractivity contribution in [3.8, 4) is 0 Å². The number of anilines is 2. The summed E-state index contributed by atoms with van der Waals surface area (Å²) in [5.41, 5.74) is 13.5. The zero-order valence-corrected chi connectivity index (χ0v) is 18.8. The lowest BCUT2D eigenvalue weighted by Crippen LogP contribution is -2.25. The number of ether oxygens (including phenoxy) is 1. The summed E-state index contributed by atoms with van der Waals surface area (Å²) in [6.45, 7) is 6.12. The first-order valence-electron chi connectivity index (χ1n) is 11.2. The van der Waals surface area contributed by atoms with Crippen molar-refractivity contribution >= 4 is 28.6 Å². The third kappa shape index (κ3) is 5.32. The first-order valence-corrected chi connectivity index (χ1v) is 11.6. The number of nitrogens with two attached hydrogens (primary N) is 1. The van der Waals surface area contributed by atoms with Crippen molar-refractivity contribution in [2.75, 3.05) is 37.3 Å². The number of nitrogens with one attached hydrogen (secondary N) is 1. The molecule has 160 valence electrons. The average Bonchev–Trinajstić information content (AvgIpc) is 3.24. The van der Waals surface area contributed by atoms with E-state index in [4.69, 9.17) is 22.7 Å². The van der Waals surface area contributed by atoms with E-state index in [1.165, 1.54) is 49.0 Å². The number of nitrogen functional groups attached to an aromatic ring is 1. The Morgan fingerprint density at radius 1 is 1.17 bits per heavy atom. The molecule has 1 heterocycles. The number of rotatable bonds is 7. The van der Waals surface area contributed by atoms with Crippen LogP contribution >= 0.6 is 12.2 Å². The molecule has 2 aromatic carbocycles. The molecule has 1 aliphatic heterocycles. The number of aryl methyl sites for hydroxylation is 2. The molecule has 3 N–H and O–H groups in total. The van der Waals surface area contributed by atoms with E-state index in [-0.39, 0.29) is 0 Å². The van der Waals surface area contributed by atoms with E-state index in [0.717, 1.165) is 36.3 Å². The van der Waals surface area contributed by atoms with Crippen LogP contribution < -0.4 is 11.1 Å². The van der Waals surface area contributed by atoms with Gasteiger partial charge in [-0.2, -0.15) is 0 Å². The highest BCUT2D eigenvalue weighted by molar-refractivity contribution is 7.80. The van der Waals surface area contributed by atoms with Crippen molar-refractivity contribution in [3.05, 3.63) is 58.7 Å². The second-order valence-corrected chi connectivity index (χ2v) is 9.11. The number of hydrogen-bond donors (Lipinski definition) is 2. The molecule has 2 aromatic rings. The van der Waals surface area contributed by atoms with Gasteiger partial charge >= 0.3 is 0 Å². The summed E-state index contributed by atoms with van der Waals surface area (Å²) >= 11 is 5.50. The Hall–Kier alpha value is -2.11. The van der Waals surface area contributed by atoms with Crippen LogP contribution in [-0.2, 0) is 17.6 Å². The van der Waals surface area contributed by atoms with Crippen LogP contribution in [0.1, 0.15) is 54.0 Å². The van der Waals surface area contributed by atoms with Crippen LogP contribution in [0.4, 0.5) is 11.4 Å². The van der Waals surface area contributed by atoms with Crippen LogP contribution in [0.3, 0.4) is 0 Å². The average molecular weight is 424 g/mol. The topological polar surface area (TPSA) is 50.5 Å². The SMILES string of the molecule is Cc1ccc(NC2CCCc3cc(CC(=S)OCCN4CCCC4)c(N)cc32)cc1. The number of benzene rings is 2. The van der Waals surface area contributed by atoms with Gasteiger partial charge in [0.05, 0.1) is 6.04 Å². The van der Waals surface area contributed by atoms with Gasteiger partial charge in [0.25, 0.3) is 0 Å². The van der Waals surface area contributed by atoms with E-state index >= 15 is 0 Å². The molecule has 0 amide bonds. The Morgan fingerprint density at radius 2 is 1.93 bits per heavy atom. The van der Waals surface area contributed by atoms with E-state index in [9.17, 15) is 0 Å². The van der Waals surface area contributed by atoms with Gasteiger partial charge in [-0.3, -0.25) is 4.90 Å². The zero-order chi connectivity index (χ0) is 20.9. The van der Waals surface area contributed by atoms with E-state index in [1.807, 2.05) is 0 Å². The summed E-state index contributed by atoms with van der Waals surface area (Å²) in [4.78, 5) is 2.44. The van der Waals surface area contributed by atoms with Gasteiger partial charge in [-0.05, 0) is 99.2 Å². The lowest BCUT2D eigenvalue weighted by atomic mass is 9.85. The highest BCUT2D eigenvalue weighted by Crippen LogP contribution is 2.35. The maximum absolute atomic E-state index is 6.45. The van der Waals surface area contributed by atoms with Crippen LogP contribution in [0, 0.1) is 6.92 Å². The molecule has 30 heavy (non-hydrogen) atoms. The minimum atomic E-state index is 0.302. The van der Waals surface area contributed by atoms with Crippen LogP contribution in [0.5, 0.6) is 0 Å². The Labute approximate surface area is 185 Å². The molecule has 2 aliphatic rings. The lowest BCUT2D eigenvalue weighted by molar-refractivity contribution is 0.231. The monoisotopic (exact) mass is 423 g/mol. The molecule has 4 nitrogen and oxygen atoms in total. The molecule has 1 fully saturated rings. The second kappa shape index (κ2) is 9.80. The number of thiocarbonyl (C=S) groups is 1. The third-order valence-corrected chi connectivity index (χ3v) is 6.57. The summed E-state index contributed by atoms with van der Waals surface area (Å²) in [5.74, 6) is 0. The van der Waals surface area contributed by atoms with Gasteiger partial charge in [0, 0.05) is 24.3 Å². The summed E-state index contributed by atoms with van der Waals surface area (Å²) in [5, 5.41) is 4.34. The van der Waals surface area contributed by atoms with E-state index in [2.05, 4.69) is 53.5 Å². The summed E-state index contributed by atoms with van der Waals surface area (Å²) in [6, 6.07) is 13.3. The van der Waals surface area contributed by atoms with Crippen LogP contribution in [0.25, 0.3) is 0 Å². The molecule has 5 heteroatoms. The van der Waals surface area contributed by atoms with Gasteiger partial charge in [0.2, 0.25) is 0 Å². The molecule has 1 unspecified atom stereocenters. The van der Waals surface area contributed by atoms with Crippen molar-refractivity contribution in [3.63, 3.8) is 0 Å². The number of nitrogens with zero attached hydrogens (tertiary/aromatic N) is 1. The minimum absolute atomic E-state index is 0.302. The highest BCUT2D eigenvalue weighted by Gasteiger charge is 2.22. The van der Waals surface area contributed by atoms with Gasteiger partial charge in [-0.25, -0.2) is 0 Å². The predicted octanol–water partition coefficient (Wildman–Crippen LogP) is 5.05. The Balaban J connectivity index is 1.38. The van der Waals surface area contributed by atoms with Gasteiger partial charge < -0.3 is 15.8 Å². The molecule has 4 rings (SSSR count). The lowest BCUT2D eigenvalue weighted by Gasteiger charge is -2.28. The van der Waals surface area contributed by atoms with Crippen molar-refractivity contribution in [1.29, 1.82) is 0 Å². The zero-order valence-electron chi connectivity index (χ0n) is 18.0. The van der Waals surface area contributed by atoms with Gasteiger partial charge in [-0.15, -0.1) is 0 Å². The highest BCUT2D eigenvalue weighted by atomic mass is 32.1. The smallest absolute Gasteiger partial charge is 0.164 e. The van der Waals surface area contributed by atoms with Crippen molar-refractivity contribution < 1.29 is 4.74 Å². The molecule has 0 aromatic heterocycles. The largest absolute Gasteiger partial charge is 0.485 e. The van der Waals surface area contributed by atoms with Gasteiger partial charge in [0.1, 0.15) is 6.61 Å². The number of fused-ring (bicyclic) bond motifs is 1. The molecule has 1 atom stereocenters. The van der Waals surface area contributed by atoms with Crippen LogP contribution in [-0.4, -0.2) is 36.2 Å². The number of likely N-dealkylation sites (tertiary alicyclic amines) is 1. The van der Waals surface area contributed by atoms with Gasteiger partial charge in [-0.1, -0.05) is 23.8 Å². The van der Waals surface area contributed by atoms with Gasteiger partial charge in [0.15, 0.2) is 5.05 Å². The maximum Gasteiger partial charge on any atom is 0.164 e. The van der Waals surface area contributed by atoms with Crippen molar-refractivity contribution in [2.24, 2.45) is 0 Å². The Kier molecular flexibility index (Phi) is 6.90. The molecular weight excluding hydrogens is 390 g/mol. The van der Waals surface area contributed by atoms with Crippen molar-refractivity contribution in [2.45, 2.75) is 51.5 Å². The fraction of sp³-hybridized carbons (Fsp3) is 0.480. The standard InChI is InChI=1S/C25H33N3OS/c1-18-7-9-21(10-8-18)27-24-6-4-5-19-15-20(23(26)17-22(19)24)16-25(30)29-14-13-28-11-2-3-12-28/h7-10,15,17,24,27H,2-6,11-14,16,26H2,1H3. The molecule has 0 bridgehead atoms. The molecule has 0 spiro atoms.